The predicted molar refractivity (Wildman–Crippen MR) is 90.5 cm³/mol. The normalized spacial score (nSPS) is 17.5. The molecule has 1 aromatic rings. The van der Waals surface area contributed by atoms with Crippen molar-refractivity contribution in [3.05, 3.63) is 29.6 Å². The maximum atomic E-state index is 13.8. The SMILES string of the molecule is COCCN1CCC(C(=O)NC(C)c2ccc(OC)c(F)c2)CC1. The molecule has 1 unspecified atom stereocenters. The van der Waals surface area contributed by atoms with Crippen molar-refractivity contribution in [2.75, 3.05) is 40.5 Å². The van der Waals surface area contributed by atoms with E-state index in [4.69, 9.17) is 9.47 Å². The predicted octanol–water partition coefficient (Wildman–Crippen LogP) is 2.37. The highest BCUT2D eigenvalue weighted by atomic mass is 19.1. The van der Waals surface area contributed by atoms with Crippen LogP contribution in [0.5, 0.6) is 5.75 Å². The highest BCUT2D eigenvalue weighted by molar-refractivity contribution is 5.79. The largest absolute Gasteiger partial charge is 0.494 e. The number of benzene rings is 1. The summed E-state index contributed by atoms with van der Waals surface area (Å²) >= 11 is 0. The number of methoxy groups -OCH3 is 2. The van der Waals surface area contributed by atoms with Crippen molar-refractivity contribution < 1.29 is 18.7 Å². The lowest BCUT2D eigenvalue weighted by Crippen LogP contribution is -2.42. The van der Waals surface area contributed by atoms with Crippen LogP contribution in [-0.4, -0.2) is 51.3 Å². The van der Waals surface area contributed by atoms with E-state index in [2.05, 4.69) is 10.2 Å². The van der Waals surface area contributed by atoms with Crippen LogP contribution >= 0.6 is 0 Å². The quantitative estimate of drug-likeness (QED) is 0.829. The summed E-state index contributed by atoms with van der Waals surface area (Å²) in [6, 6.07) is 4.54. The van der Waals surface area contributed by atoms with Crippen molar-refractivity contribution in [2.24, 2.45) is 5.92 Å². The van der Waals surface area contributed by atoms with Crippen LogP contribution in [0.15, 0.2) is 18.2 Å². The molecule has 1 saturated heterocycles. The third-order valence-electron chi connectivity index (χ3n) is 4.60. The topological polar surface area (TPSA) is 50.8 Å². The van der Waals surface area contributed by atoms with Crippen LogP contribution in [0.25, 0.3) is 0 Å². The third-order valence-corrected chi connectivity index (χ3v) is 4.60. The van der Waals surface area contributed by atoms with E-state index in [1.807, 2.05) is 6.92 Å². The van der Waals surface area contributed by atoms with E-state index in [-0.39, 0.29) is 23.6 Å². The number of nitrogens with one attached hydrogen (secondary N) is 1. The summed E-state index contributed by atoms with van der Waals surface area (Å²) < 4.78 is 23.8. The number of amides is 1. The maximum absolute atomic E-state index is 13.8. The van der Waals surface area contributed by atoms with Gasteiger partial charge in [-0.2, -0.15) is 0 Å². The lowest BCUT2D eigenvalue weighted by Gasteiger charge is -2.31. The van der Waals surface area contributed by atoms with Gasteiger partial charge >= 0.3 is 0 Å². The number of nitrogens with zero attached hydrogens (tertiary/aromatic N) is 1. The van der Waals surface area contributed by atoms with E-state index in [0.717, 1.165) is 44.6 Å². The summed E-state index contributed by atoms with van der Waals surface area (Å²) in [7, 11) is 3.13. The zero-order valence-electron chi connectivity index (χ0n) is 14.7. The number of hydrogen-bond donors (Lipinski definition) is 1. The molecular weight excluding hydrogens is 311 g/mol. The summed E-state index contributed by atoms with van der Waals surface area (Å²) in [5.74, 6) is -0.136. The summed E-state index contributed by atoms with van der Waals surface area (Å²) in [5.41, 5.74) is 0.735. The molecular formula is C18H27FN2O3. The van der Waals surface area contributed by atoms with E-state index >= 15 is 0 Å². The summed E-state index contributed by atoms with van der Waals surface area (Å²) in [5, 5.41) is 3.00. The highest BCUT2D eigenvalue weighted by Crippen LogP contribution is 2.23. The molecule has 1 heterocycles. The number of halogens is 1. The summed E-state index contributed by atoms with van der Waals surface area (Å²) in [6.45, 7) is 5.32. The molecule has 0 saturated carbocycles. The van der Waals surface area contributed by atoms with Crippen LogP contribution in [0.4, 0.5) is 4.39 Å². The Labute approximate surface area is 143 Å². The molecule has 1 amide bonds. The molecule has 0 aliphatic carbocycles. The van der Waals surface area contributed by atoms with E-state index in [9.17, 15) is 9.18 Å². The molecule has 1 aliphatic heterocycles. The Morgan fingerprint density at radius 3 is 2.67 bits per heavy atom. The van der Waals surface area contributed by atoms with Crippen LogP contribution in [0, 0.1) is 11.7 Å². The van der Waals surface area contributed by atoms with E-state index in [1.165, 1.54) is 13.2 Å². The maximum Gasteiger partial charge on any atom is 0.223 e. The molecule has 1 atom stereocenters. The Bertz CT molecular complexity index is 545. The second kappa shape index (κ2) is 8.99. The van der Waals surface area contributed by atoms with Crippen molar-refractivity contribution in [3.63, 3.8) is 0 Å². The van der Waals surface area contributed by atoms with Gasteiger partial charge < -0.3 is 19.7 Å². The molecule has 1 fully saturated rings. The van der Waals surface area contributed by atoms with Crippen molar-refractivity contribution >= 4 is 5.91 Å². The lowest BCUT2D eigenvalue weighted by atomic mass is 9.95. The molecule has 0 aromatic heterocycles. The molecule has 24 heavy (non-hydrogen) atoms. The minimum Gasteiger partial charge on any atom is -0.494 e. The lowest BCUT2D eigenvalue weighted by molar-refractivity contribution is -0.127. The molecule has 0 bridgehead atoms. The van der Waals surface area contributed by atoms with Gasteiger partial charge in [0.05, 0.1) is 19.8 Å². The first-order valence-electron chi connectivity index (χ1n) is 8.40. The van der Waals surface area contributed by atoms with Gasteiger partial charge in [0.15, 0.2) is 11.6 Å². The van der Waals surface area contributed by atoms with Crippen LogP contribution in [0.2, 0.25) is 0 Å². The van der Waals surface area contributed by atoms with E-state index in [1.54, 1.807) is 19.2 Å². The van der Waals surface area contributed by atoms with Gasteiger partial charge in [0.2, 0.25) is 5.91 Å². The van der Waals surface area contributed by atoms with Crippen LogP contribution < -0.4 is 10.1 Å². The van der Waals surface area contributed by atoms with Crippen LogP contribution in [0.1, 0.15) is 31.4 Å². The van der Waals surface area contributed by atoms with Crippen molar-refractivity contribution in [1.82, 2.24) is 10.2 Å². The molecule has 2 rings (SSSR count). The summed E-state index contributed by atoms with van der Waals surface area (Å²) in [6.07, 6.45) is 1.69. The highest BCUT2D eigenvalue weighted by Gasteiger charge is 2.25. The number of ether oxygens (including phenoxy) is 2. The van der Waals surface area contributed by atoms with Crippen LogP contribution in [-0.2, 0) is 9.53 Å². The van der Waals surface area contributed by atoms with Gasteiger partial charge in [0, 0.05) is 19.6 Å². The molecule has 5 nitrogen and oxygen atoms in total. The molecule has 1 aliphatic rings. The van der Waals surface area contributed by atoms with E-state index in [0.29, 0.717) is 0 Å². The Morgan fingerprint density at radius 2 is 2.08 bits per heavy atom. The Balaban J connectivity index is 1.85. The fourth-order valence-electron chi connectivity index (χ4n) is 3.01. The number of piperidine rings is 1. The van der Waals surface area contributed by atoms with E-state index < -0.39 is 5.82 Å². The van der Waals surface area contributed by atoms with Gasteiger partial charge in [-0.25, -0.2) is 4.39 Å². The van der Waals surface area contributed by atoms with Gasteiger partial charge in [-0.1, -0.05) is 6.07 Å². The minimum atomic E-state index is -0.414. The zero-order chi connectivity index (χ0) is 17.5. The zero-order valence-corrected chi connectivity index (χ0v) is 14.7. The second-order valence-corrected chi connectivity index (χ2v) is 6.23. The fourth-order valence-corrected chi connectivity index (χ4v) is 3.01. The van der Waals surface area contributed by atoms with Gasteiger partial charge in [-0.3, -0.25) is 4.79 Å². The number of rotatable bonds is 7. The monoisotopic (exact) mass is 338 g/mol. The molecule has 6 heteroatoms. The van der Waals surface area contributed by atoms with Gasteiger partial charge in [-0.05, 0) is 50.6 Å². The second-order valence-electron chi connectivity index (χ2n) is 6.23. The molecule has 134 valence electrons. The number of carbonyl (C=O) groups excluding carboxylic acids is 1. The van der Waals surface area contributed by atoms with Gasteiger partial charge in [0.1, 0.15) is 0 Å². The molecule has 0 radical (unpaired) electrons. The fraction of sp³-hybridized carbons (Fsp3) is 0.611. The first-order valence-corrected chi connectivity index (χ1v) is 8.40. The van der Waals surface area contributed by atoms with Gasteiger partial charge in [-0.15, -0.1) is 0 Å². The van der Waals surface area contributed by atoms with Crippen molar-refractivity contribution in [1.29, 1.82) is 0 Å². The average molecular weight is 338 g/mol. The molecule has 0 spiro atoms. The Hall–Kier alpha value is -1.66. The van der Waals surface area contributed by atoms with Crippen molar-refractivity contribution in [2.45, 2.75) is 25.8 Å². The first-order chi connectivity index (χ1) is 11.5. The Morgan fingerprint density at radius 1 is 1.38 bits per heavy atom. The number of carbonyl (C=O) groups is 1. The van der Waals surface area contributed by atoms with Gasteiger partial charge in [0.25, 0.3) is 0 Å². The minimum absolute atomic E-state index is 0.0225. The summed E-state index contributed by atoms with van der Waals surface area (Å²) in [4.78, 5) is 14.8. The van der Waals surface area contributed by atoms with Crippen LogP contribution in [0.3, 0.4) is 0 Å². The number of hydrogen-bond acceptors (Lipinski definition) is 4. The van der Waals surface area contributed by atoms with Crippen molar-refractivity contribution in [3.8, 4) is 5.75 Å². The average Bonchev–Trinajstić information content (AvgIpc) is 2.60. The third kappa shape index (κ3) is 4.92. The standard InChI is InChI=1S/C18H27FN2O3/c1-13(15-4-5-17(24-3)16(19)12-15)20-18(22)14-6-8-21(9-7-14)10-11-23-2/h4-5,12-14H,6-11H2,1-3H3,(H,20,22). The number of likely N-dealkylation sites (tertiary alicyclic amines) is 1. The molecule has 1 N–H and O–H groups in total. The molecule has 1 aromatic carbocycles. The smallest absolute Gasteiger partial charge is 0.223 e. The Kier molecular flexibility index (Phi) is 6.99. The first kappa shape index (κ1) is 18.7.